The number of nitrogens with one attached hydrogen (secondary N) is 1. The van der Waals surface area contributed by atoms with Gasteiger partial charge in [0.2, 0.25) is 0 Å². The second-order valence-corrected chi connectivity index (χ2v) is 6.29. The normalized spacial score (nSPS) is 27.5. The smallest absolute Gasteiger partial charge is 0.140 e. The molecule has 1 fully saturated rings. The molecule has 0 aromatic carbocycles. The molecule has 0 spiro atoms. The van der Waals surface area contributed by atoms with Gasteiger partial charge in [-0.3, -0.25) is 4.79 Å². The number of hydrogen-bond acceptors (Lipinski definition) is 3. The van der Waals surface area contributed by atoms with Crippen LogP contribution in [0.25, 0.3) is 0 Å². The van der Waals surface area contributed by atoms with Gasteiger partial charge in [-0.2, -0.15) is 0 Å². The zero-order chi connectivity index (χ0) is 13.2. The minimum atomic E-state index is 0.0382. The van der Waals surface area contributed by atoms with E-state index in [1.54, 1.807) is 0 Å². The van der Waals surface area contributed by atoms with E-state index < -0.39 is 0 Å². The highest BCUT2D eigenvalue weighted by atomic mass is 16.1. The van der Waals surface area contributed by atoms with Crippen molar-refractivity contribution >= 4 is 5.78 Å². The molecule has 100 valence electrons. The van der Waals surface area contributed by atoms with Crippen molar-refractivity contribution in [1.29, 1.82) is 0 Å². The van der Waals surface area contributed by atoms with Crippen molar-refractivity contribution in [2.24, 2.45) is 17.8 Å². The van der Waals surface area contributed by atoms with Gasteiger partial charge in [0, 0.05) is 23.9 Å². The predicted molar refractivity (Wildman–Crippen MR) is 72.1 cm³/mol. The van der Waals surface area contributed by atoms with Crippen LogP contribution in [-0.2, 0) is 4.79 Å². The van der Waals surface area contributed by atoms with Crippen LogP contribution in [0.5, 0.6) is 0 Å². The number of carbonyl (C=O) groups excluding carboxylic acids is 1. The van der Waals surface area contributed by atoms with E-state index in [9.17, 15) is 4.79 Å². The summed E-state index contributed by atoms with van der Waals surface area (Å²) in [6.07, 6.45) is 1.10. The van der Waals surface area contributed by atoms with Crippen LogP contribution in [0.1, 0.15) is 34.1 Å². The summed E-state index contributed by atoms with van der Waals surface area (Å²) in [7, 11) is 4.11. The van der Waals surface area contributed by atoms with Crippen molar-refractivity contribution < 1.29 is 4.79 Å². The number of Topliss-reactive ketones (excluding diaryl/α,β-unsaturated/α-hetero) is 1. The Bertz CT molecular complexity index is 273. The zero-order valence-electron chi connectivity index (χ0n) is 12.2. The first-order valence-corrected chi connectivity index (χ1v) is 6.70. The van der Waals surface area contributed by atoms with Crippen LogP contribution in [0, 0.1) is 17.8 Å². The van der Waals surface area contributed by atoms with Crippen molar-refractivity contribution in [1.82, 2.24) is 10.2 Å². The highest BCUT2D eigenvalue weighted by Gasteiger charge is 2.41. The molecule has 2 atom stereocenters. The largest absolute Gasteiger partial charge is 0.315 e. The number of ketones is 1. The van der Waals surface area contributed by atoms with Gasteiger partial charge in [-0.05, 0) is 46.8 Å². The van der Waals surface area contributed by atoms with Gasteiger partial charge in [0.15, 0.2) is 0 Å². The average molecular weight is 240 g/mol. The van der Waals surface area contributed by atoms with Gasteiger partial charge in [0.1, 0.15) is 5.78 Å². The molecule has 0 amide bonds. The van der Waals surface area contributed by atoms with Crippen molar-refractivity contribution in [2.75, 3.05) is 27.2 Å². The molecule has 3 nitrogen and oxygen atoms in total. The molecule has 1 aliphatic heterocycles. The van der Waals surface area contributed by atoms with Gasteiger partial charge in [-0.1, -0.05) is 13.8 Å². The average Bonchev–Trinajstić information content (AvgIpc) is 2.27. The molecular formula is C14H28N2O. The van der Waals surface area contributed by atoms with Crippen LogP contribution in [0.3, 0.4) is 0 Å². The fourth-order valence-corrected chi connectivity index (χ4v) is 2.88. The van der Waals surface area contributed by atoms with Crippen molar-refractivity contribution in [3.63, 3.8) is 0 Å². The molecule has 1 heterocycles. The molecule has 0 saturated carbocycles. The second kappa shape index (κ2) is 5.49. The Hall–Kier alpha value is -0.410. The van der Waals surface area contributed by atoms with Crippen molar-refractivity contribution in [3.05, 3.63) is 0 Å². The first kappa shape index (κ1) is 14.7. The third-order valence-electron chi connectivity index (χ3n) is 4.32. The highest BCUT2D eigenvalue weighted by Crippen LogP contribution is 2.34. The minimum Gasteiger partial charge on any atom is -0.315 e. The summed E-state index contributed by atoms with van der Waals surface area (Å²) in [6, 6.07) is 0. The predicted octanol–water partition coefficient (Wildman–Crippen LogP) is 1.78. The molecule has 1 saturated heterocycles. The van der Waals surface area contributed by atoms with E-state index in [2.05, 4.69) is 31.1 Å². The van der Waals surface area contributed by atoms with E-state index in [0.717, 1.165) is 19.5 Å². The van der Waals surface area contributed by atoms with Crippen LogP contribution in [0.15, 0.2) is 0 Å². The quantitative estimate of drug-likeness (QED) is 0.813. The molecule has 0 aliphatic carbocycles. The summed E-state index contributed by atoms with van der Waals surface area (Å²) in [5.41, 5.74) is 0.0382. The van der Waals surface area contributed by atoms with E-state index in [0.29, 0.717) is 11.7 Å². The summed E-state index contributed by atoms with van der Waals surface area (Å²) in [5.74, 6) is 1.18. The van der Waals surface area contributed by atoms with Gasteiger partial charge in [-0.15, -0.1) is 0 Å². The van der Waals surface area contributed by atoms with Gasteiger partial charge >= 0.3 is 0 Å². The number of carbonyl (C=O) groups is 1. The van der Waals surface area contributed by atoms with E-state index in [-0.39, 0.29) is 17.4 Å². The Morgan fingerprint density at radius 3 is 2.47 bits per heavy atom. The molecule has 0 aromatic heterocycles. The number of nitrogens with zero attached hydrogens (tertiary/aromatic N) is 1. The third-order valence-corrected chi connectivity index (χ3v) is 4.32. The molecule has 1 rings (SSSR count). The number of likely N-dealkylation sites (tertiary alicyclic amines) is 1. The summed E-state index contributed by atoms with van der Waals surface area (Å²) >= 11 is 0. The minimum absolute atomic E-state index is 0.0382. The SMILES string of the molecule is CNC(C)(C)C1CCN(C)CC1C(=O)C(C)C. The van der Waals surface area contributed by atoms with E-state index >= 15 is 0 Å². The lowest BCUT2D eigenvalue weighted by atomic mass is 9.70. The Morgan fingerprint density at radius 1 is 1.41 bits per heavy atom. The zero-order valence-corrected chi connectivity index (χ0v) is 12.2. The first-order chi connectivity index (χ1) is 7.79. The number of rotatable bonds is 4. The van der Waals surface area contributed by atoms with E-state index in [4.69, 9.17) is 0 Å². The molecule has 0 aromatic rings. The maximum Gasteiger partial charge on any atom is 0.140 e. The lowest BCUT2D eigenvalue weighted by molar-refractivity contribution is -0.131. The maximum atomic E-state index is 12.4. The summed E-state index contributed by atoms with van der Waals surface area (Å²) in [5, 5.41) is 3.38. The third kappa shape index (κ3) is 3.29. The topological polar surface area (TPSA) is 32.3 Å². The molecule has 1 aliphatic rings. The lowest BCUT2D eigenvalue weighted by Crippen LogP contribution is -2.55. The summed E-state index contributed by atoms with van der Waals surface area (Å²) < 4.78 is 0. The molecule has 2 unspecified atom stereocenters. The number of piperidine rings is 1. The number of hydrogen-bond donors (Lipinski definition) is 1. The maximum absolute atomic E-state index is 12.4. The van der Waals surface area contributed by atoms with Crippen molar-refractivity contribution in [3.8, 4) is 0 Å². The highest BCUT2D eigenvalue weighted by molar-refractivity contribution is 5.83. The van der Waals surface area contributed by atoms with Crippen LogP contribution >= 0.6 is 0 Å². The molecule has 0 radical (unpaired) electrons. The molecule has 3 heteroatoms. The van der Waals surface area contributed by atoms with Crippen molar-refractivity contribution in [2.45, 2.75) is 39.7 Å². The Labute approximate surface area is 106 Å². The van der Waals surface area contributed by atoms with Crippen LogP contribution in [0.2, 0.25) is 0 Å². The van der Waals surface area contributed by atoms with E-state index in [1.807, 2.05) is 20.9 Å². The van der Waals surface area contributed by atoms with Gasteiger partial charge < -0.3 is 10.2 Å². The Kier molecular flexibility index (Phi) is 4.73. The molecule has 0 bridgehead atoms. The fourth-order valence-electron chi connectivity index (χ4n) is 2.88. The van der Waals surface area contributed by atoms with Gasteiger partial charge in [0.05, 0.1) is 0 Å². The second-order valence-electron chi connectivity index (χ2n) is 6.29. The van der Waals surface area contributed by atoms with Gasteiger partial charge in [0.25, 0.3) is 0 Å². The standard InChI is InChI=1S/C14H28N2O/c1-10(2)13(17)11-9-16(6)8-7-12(11)14(3,4)15-5/h10-12,15H,7-9H2,1-6H3. The lowest BCUT2D eigenvalue weighted by Gasteiger charge is -2.45. The van der Waals surface area contributed by atoms with Crippen LogP contribution in [0.4, 0.5) is 0 Å². The summed E-state index contributed by atoms with van der Waals surface area (Å²) in [6.45, 7) is 10.5. The Balaban J connectivity index is 2.89. The first-order valence-electron chi connectivity index (χ1n) is 6.70. The van der Waals surface area contributed by atoms with E-state index in [1.165, 1.54) is 0 Å². The molecular weight excluding hydrogens is 212 g/mol. The van der Waals surface area contributed by atoms with Gasteiger partial charge in [-0.25, -0.2) is 0 Å². The monoisotopic (exact) mass is 240 g/mol. The molecule has 1 N–H and O–H groups in total. The fraction of sp³-hybridized carbons (Fsp3) is 0.929. The van der Waals surface area contributed by atoms with Crippen LogP contribution < -0.4 is 5.32 Å². The Morgan fingerprint density at radius 2 is 2.00 bits per heavy atom. The molecule has 17 heavy (non-hydrogen) atoms. The summed E-state index contributed by atoms with van der Waals surface area (Å²) in [4.78, 5) is 14.6. The van der Waals surface area contributed by atoms with Crippen LogP contribution in [-0.4, -0.2) is 43.4 Å².